The highest BCUT2D eigenvalue weighted by molar-refractivity contribution is 6.08. The van der Waals surface area contributed by atoms with Crippen LogP contribution >= 0.6 is 0 Å². The van der Waals surface area contributed by atoms with Crippen LogP contribution in [-0.4, -0.2) is 17.5 Å². The fraction of sp³-hybridized carbons (Fsp3) is 0.222. The maximum atomic E-state index is 12.5. The number of pyridine rings is 1. The van der Waals surface area contributed by atoms with Gasteiger partial charge in [0.25, 0.3) is 5.91 Å². The highest BCUT2D eigenvalue weighted by Crippen LogP contribution is 2.27. The summed E-state index contributed by atoms with van der Waals surface area (Å²) in [6.45, 7) is 6.09. The largest absolute Gasteiger partial charge is 0.488 e. The monoisotopic (exact) mass is 294 g/mol. The third-order valence-corrected chi connectivity index (χ3v) is 3.69. The van der Waals surface area contributed by atoms with E-state index in [0.717, 1.165) is 34.0 Å². The summed E-state index contributed by atoms with van der Waals surface area (Å²) in [6, 6.07) is 9.65. The van der Waals surface area contributed by atoms with E-state index in [9.17, 15) is 4.79 Å². The first kappa shape index (κ1) is 14.3. The molecule has 0 unspecified atom stereocenters. The SMILES string of the molecule is Cc1cc(C)c(NC(=O)C2=Cc3ccccc3OC2)c(C)n1. The predicted molar refractivity (Wildman–Crippen MR) is 87.0 cm³/mol. The van der Waals surface area contributed by atoms with E-state index in [1.165, 1.54) is 0 Å². The van der Waals surface area contributed by atoms with Crippen molar-refractivity contribution in [1.82, 2.24) is 4.98 Å². The van der Waals surface area contributed by atoms with Gasteiger partial charge in [0, 0.05) is 11.3 Å². The quantitative estimate of drug-likeness (QED) is 0.923. The number of ether oxygens (including phenoxy) is 1. The third-order valence-electron chi connectivity index (χ3n) is 3.69. The number of hydrogen-bond acceptors (Lipinski definition) is 3. The van der Waals surface area contributed by atoms with Gasteiger partial charge in [-0.25, -0.2) is 0 Å². The van der Waals surface area contributed by atoms with Crippen molar-refractivity contribution >= 4 is 17.7 Å². The van der Waals surface area contributed by atoms with Gasteiger partial charge in [-0.3, -0.25) is 9.78 Å². The van der Waals surface area contributed by atoms with Gasteiger partial charge >= 0.3 is 0 Å². The summed E-state index contributed by atoms with van der Waals surface area (Å²) in [6.07, 6.45) is 1.88. The van der Waals surface area contributed by atoms with Crippen molar-refractivity contribution in [1.29, 1.82) is 0 Å². The molecule has 3 rings (SSSR count). The van der Waals surface area contributed by atoms with Crippen LogP contribution in [0.4, 0.5) is 5.69 Å². The molecule has 1 amide bonds. The molecule has 1 aromatic carbocycles. The Labute approximate surface area is 129 Å². The van der Waals surface area contributed by atoms with E-state index < -0.39 is 0 Å². The number of nitrogens with zero attached hydrogens (tertiary/aromatic N) is 1. The number of aromatic nitrogens is 1. The second-order valence-corrected chi connectivity index (χ2v) is 5.49. The molecule has 2 heterocycles. The zero-order chi connectivity index (χ0) is 15.7. The summed E-state index contributed by atoms with van der Waals surface area (Å²) in [5.41, 5.74) is 5.09. The highest BCUT2D eigenvalue weighted by Gasteiger charge is 2.18. The van der Waals surface area contributed by atoms with Crippen LogP contribution < -0.4 is 10.1 Å². The van der Waals surface area contributed by atoms with E-state index in [2.05, 4.69) is 10.3 Å². The molecule has 0 radical (unpaired) electrons. The van der Waals surface area contributed by atoms with Crippen molar-refractivity contribution in [2.75, 3.05) is 11.9 Å². The molecule has 0 atom stereocenters. The molecule has 0 saturated heterocycles. The number of amides is 1. The lowest BCUT2D eigenvalue weighted by molar-refractivity contribution is -0.113. The molecule has 1 aromatic heterocycles. The van der Waals surface area contributed by atoms with Gasteiger partial charge in [0.05, 0.1) is 17.0 Å². The van der Waals surface area contributed by atoms with Gasteiger partial charge in [0.15, 0.2) is 0 Å². The van der Waals surface area contributed by atoms with Gasteiger partial charge in [-0.05, 0) is 44.5 Å². The molecule has 0 bridgehead atoms. The number of aryl methyl sites for hydroxylation is 3. The summed E-state index contributed by atoms with van der Waals surface area (Å²) in [5, 5.41) is 2.96. The minimum absolute atomic E-state index is 0.147. The Bertz CT molecular complexity index is 755. The average Bonchev–Trinajstić information content (AvgIpc) is 2.50. The van der Waals surface area contributed by atoms with Crippen LogP contribution in [0.15, 0.2) is 35.9 Å². The van der Waals surface area contributed by atoms with E-state index >= 15 is 0 Å². The van der Waals surface area contributed by atoms with Gasteiger partial charge < -0.3 is 10.1 Å². The molecule has 2 aromatic rings. The van der Waals surface area contributed by atoms with Crippen LogP contribution in [0.2, 0.25) is 0 Å². The molecular weight excluding hydrogens is 276 g/mol. The van der Waals surface area contributed by atoms with Crippen molar-refractivity contribution in [3.8, 4) is 5.75 Å². The second kappa shape index (κ2) is 5.64. The molecule has 112 valence electrons. The van der Waals surface area contributed by atoms with Gasteiger partial charge in [-0.15, -0.1) is 0 Å². The van der Waals surface area contributed by atoms with E-state index in [4.69, 9.17) is 4.74 Å². The third kappa shape index (κ3) is 2.72. The lowest BCUT2D eigenvalue weighted by Crippen LogP contribution is -2.22. The number of carbonyl (C=O) groups is 1. The fourth-order valence-corrected chi connectivity index (χ4v) is 2.65. The Kier molecular flexibility index (Phi) is 3.67. The predicted octanol–water partition coefficient (Wildman–Crippen LogP) is 3.42. The molecule has 0 aliphatic carbocycles. The van der Waals surface area contributed by atoms with Gasteiger partial charge in [0.2, 0.25) is 0 Å². The van der Waals surface area contributed by atoms with Crippen molar-refractivity contribution in [2.45, 2.75) is 20.8 Å². The first-order valence-electron chi connectivity index (χ1n) is 7.23. The molecule has 0 spiro atoms. The number of anilines is 1. The Morgan fingerprint density at radius 3 is 2.77 bits per heavy atom. The lowest BCUT2D eigenvalue weighted by Gasteiger charge is -2.18. The van der Waals surface area contributed by atoms with E-state index in [1.54, 1.807) is 0 Å². The normalized spacial score (nSPS) is 13.0. The number of hydrogen-bond donors (Lipinski definition) is 1. The maximum absolute atomic E-state index is 12.5. The fourth-order valence-electron chi connectivity index (χ4n) is 2.65. The molecule has 4 nitrogen and oxygen atoms in total. The molecule has 1 N–H and O–H groups in total. The maximum Gasteiger partial charge on any atom is 0.255 e. The number of carbonyl (C=O) groups excluding carboxylic acids is 1. The summed E-state index contributed by atoms with van der Waals surface area (Å²) < 4.78 is 5.63. The summed E-state index contributed by atoms with van der Waals surface area (Å²) in [7, 11) is 0. The van der Waals surface area contributed by atoms with Crippen molar-refractivity contribution in [2.24, 2.45) is 0 Å². The van der Waals surface area contributed by atoms with E-state index in [0.29, 0.717) is 5.57 Å². The van der Waals surface area contributed by atoms with Gasteiger partial charge in [-0.2, -0.15) is 0 Å². The minimum atomic E-state index is -0.147. The van der Waals surface area contributed by atoms with Crippen LogP contribution in [0.3, 0.4) is 0 Å². The zero-order valence-corrected chi connectivity index (χ0v) is 12.9. The molecule has 0 saturated carbocycles. The molecule has 4 heteroatoms. The summed E-state index contributed by atoms with van der Waals surface area (Å²) in [4.78, 5) is 16.9. The molecule has 1 aliphatic heterocycles. The van der Waals surface area contributed by atoms with Crippen LogP contribution in [0.1, 0.15) is 22.5 Å². The van der Waals surface area contributed by atoms with Gasteiger partial charge in [0.1, 0.15) is 12.4 Å². The molecular formula is C18H18N2O2. The molecule has 22 heavy (non-hydrogen) atoms. The standard InChI is InChI=1S/C18H18N2O2/c1-11-8-12(2)19-13(3)17(11)20-18(21)15-9-14-6-4-5-7-16(14)22-10-15/h4-9H,10H2,1-3H3,(H,20,21). The topological polar surface area (TPSA) is 51.2 Å². The number of benzene rings is 1. The van der Waals surface area contributed by atoms with E-state index in [1.807, 2.05) is 57.2 Å². The Balaban J connectivity index is 1.86. The van der Waals surface area contributed by atoms with Crippen molar-refractivity contribution in [3.05, 3.63) is 58.4 Å². The average molecular weight is 294 g/mol. The molecule has 0 fully saturated rings. The Hall–Kier alpha value is -2.62. The van der Waals surface area contributed by atoms with Crippen molar-refractivity contribution < 1.29 is 9.53 Å². The zero-order valence-electron chi connectivity index (χ0n) is 12.9. The smallest absolute Gasteiger partial charge is 0.255 e. The number of fused-ring (bicyclic) bond motifs is 1. The van der Waals surface area contributed by atoms with Crippen LogP contribution in [-0.2, 0) is 4.79 Å². The minimum Gasteiger partial charge on any atom is -0.488 e. The number of rotatable bonds is 2. The second-order valence-electron chi connectivity index (χ2n) is 5.49. The summed E-state index contributed by atoms with van der Waals surface area (Å²) in [5.74, 6) is 0.662. The first-order valence-corrected chi connectivity index (χ1v) is 7.23. The number of nitrogens with one attached hydrogen (secondary N) is 1. The molecule has 1 aliphatic rings. The van der Waals surface area contributed by atoms with Crippen molar-refractivity contribution in [3.63, 3.8) is 0 Å². The summed E-state index contributed by atoms with van der Waals surface area (Å²) >= 11 is 0. The Morgan fingerprint density at radius 1 is 1.23 bits per heavy atom. The first-order chi connectivity index (χ1) is 10.5. The van der Waals surface area contributed by atoms with Crippen LogP contribution in [0, 0.1) is 20.8 Å². The lowest BCUT2D eigenvalue weighted by atomic mass is 10.1. The van der Waals surface area contributed by atoms with Gasteiger partial charge in [-0.1, -0.05) is 18.2 Å². The highest BCUT2D eigenvalue weighted by atomic mass is 16.5. The van der Waals surface area contributed by atoms with E-state index in [-0.39, 0.29) is 12.5 Å². The van der Waals surface area contributed by atoms with Crippen LogP contribution in [0.5, 0.6) is 5.75 Å². The Morgan fingerprint density at radius 2 is 2.00 bits per heavy atom. The number of para-hydroxylation sites is 1. The van der Waals surface area contributed by atoms with Crippen LogP contribution in [0.25, 0.3) is 6.08 Å².